The quantitative estimate of drug-likeness (QED) is 0.158. The number of hydrogen-bond acceptors (Lipinski definition) is 10. The van der Waals surface area contributed by atoms with Crippen LogP contribution < -0.4 is 27.9 Å². The summed E-state index contributed by atoms with van der Waals surface area (Å²) in [4.78, 5) is 4.64. The summed E-state index contributed by atoms with van der Waals surface area (Å²) in [7, 11) is 4.66. The Morgan fingerprint density at radius 3 is 1.98 bits per heavy atom. The van der Waals surface area contributed by atoms with Crippen LogP contribution in [0.2, 0.25) is 0 Å². The number of rotatable bonds is 6. The molecule has 5 aromatic rings. The zero-order chi connectivity index (χ0) is 38.4. The van der Waals surface area contributed by atoms with Crippen molar-refractivity contribution in [3.05, 3.63) is 124 Å². The summed E-state index contributed by atoms with van der Waals surface area (Å²) in [6.07, 6.45) is 2.82. The molecule has 0 N–H and O–H groups in total. The molecule has 0 saturated heterocycles. The summed E-state index contributed by atoms with van der Waals surface area (Å²) in [5.41, 5.74) is 7.16. The zero-order valence-corrected chi connectivity index (χ0v) is 32.9. The van der Waals surface area contributed by atoms with E-state index in [0.29, 0.717) is 41.6 Å². The fourth-order valence-corrected chi connectivity index (χ4v) is 8.97. The van der Waals surface area contributed by atoms with Gasteiger partial charge in [0.25, 0.3) is 0 Å². The molecule has 0 spiro atoms. The Morgan fingerprint density at radius 1 is 0.655 bits per heavy atom. The smallest absolute Gasteiger partial charge is 0.339 e. The van der Waals surface area contributed by atoms with Crippen molar-refractivity contribution in [2.45, 2.75) is 49.6 Å². The molecule has 10 nitrogen and oxygen atoms in total. The Kier molecular flexibility index (Phi) is 9.87. The van der Waals surface area contributed by atoms with E-state index >= 15 is 0 Å². The molecule has 9 rings (SSSR count). The topological polar surface area (TPSA) is 96.0 Å². The van der Waals surface area contributed by atoms with E-state index in [9.17, 15) is 8.42 Å². The van der Waals surface area contributed by atoms with Crippen LogP contribution in [-0.4, -0.2) is 66.7 Å². The van der Waals surface area contributed by atoms with Crippen LogP contribution in [0, 0.1) is 6.92 Å². The number of benzene rings is 5. The summed E-state index contributed by atoms with van der Waals surface area (Å²) >= 11 is 0. The van der Waals surface area contributed by atoms with Gasteiger partial charge in [-0.2, -0.15) is 8.42 Å². The minimum atomic E-state index is -4.33. The first kappa shape index (κ1) is 36.7. The van der Waals surface area contributed by atoms with Crippen molar-refractivity contribution in [1.29, 1.82) is 0 Å². The third-order valence-electron chi connectivity index (χ3n) is 11.1. The summed E-state index contributed by atoms with van der Waals surface area (Å²) in [6, 6.07) is 26.5. The van der Waals surface area contributed by atoms with Gasteiger partial charge in [-0.05, 0) is 129 Å². The second kappa shape index (κ2) is 14.8. The molecule has 0 aliphatic carbocycles. The van der Waals surface area contributed by atoms with Gasteiger partial charge in [-0.15, -0.1) is 0 Å². The summed E-state index contributed by atoms with van der Waals surface area (Å²) in [5.74, 6) is 3.43. The first-order valence-electron chi connectivity index (χ1n) is 18.5. The lowest BCUT2D eigenvalue weighted by atomic mass is 9.87. The molecule has 4 aliphatic heterocycles. The number of aryl methyl sites for hydroxylation is 1. The molecule has 0 aromatic heterocycles. The zero-order valence-electron chi connectivity index (χ0n) is 32.0. The average molecular weight is 763 g/mol. The van der Waals surface area contributed by atoms with E-state index in [4.69, 9.17) is 27.9 Å². The molecule has 4 heterocycles. The van der Waals surface area contributed by atoms with Gasteiger partial charge in [0.05, 0.1) is 21.3 Å². The lowest BCUT2D eigenvalue weighted by molar-refractivity contribution is 0.221. The van der Waals surface area contributed by atoms with Gasteiger partial charge in [0.2, 0.25) is 5.75 Å². The van der Waals surface area contributed by atoms with Crippen molar-refractivity contribution in [3.8, 4) is 46.0 Å². The van der Waals surface area contributed by atoms with Gasteiger partial charge in [-0.3, -0.25) is 9.80 Å². The highest BCUT2D eigenvalue weighted by Crippen LogP contribution is 2.52. The molecule has 0 fully saturated rings. The maximum atomic E-state index is 14.1. The van der Waals surface area contributed by atoms with Crippen LogP contribution >= 0.6 is 0 Å². The SMILES string of the molecule is COc1ccc2cc1Oc1ccc(cc1)C[C@H]1c3cc(c(OC)cc3CCN1C)Oc1c(OS(=O)(=O)c3ccc(C)cc3)c(OC)cc3c1[C@H](C2)N(C)CC3. The lowest BCUT2D eigenvalue weighted by Crippen LogP contribution is -2.34. The first-order chi connectivity index (χ1) is 26.5. The predicted molar refractivity (Wildman–Crippen MR) is 210 cm³/mol. The van der Waals surface area contributed by atoms with Gasteiger partial charge in [-0.1, -0.05) is 35.9 Å². The number of nitrogens with zero attached hydrogens (tertiary/aromatic N) is 2. The normalized spacial score (nSPS) is 18.2. The lowest BCUT2D eigenvalue weighted by Gasteiger charge is -2.37. The van der Waals surface area contributed by atoms with Crippen molar-refractivity contribution in [3.63, 3.8) is 0 Å². The van der Waals surface area contributed by atoms with Crippen molar-refractivity contribution in [2.24, 2.45) is 0 Å². The van der Waals surface area contributed by atoms with Crippen molar-refractivity contribution in [2.75, 3.05) is 48.5 Å². The fourth-order valence-electron chi connectivity index (χ4n) is 8.02. The Hall–Kier alpha value is -5.23. The molecule has 6 bridgehead atoms. The molecular weight excluding hydrogens is 717 g/mol. The third-order valence-corrected chi connectivity index (χ3v) is 12.4. The van der Waals surface area contributed by atoms with Gasteiger partial charge < -0.3 is 27.9 Å². The molecule has 0 radical (unpaired) electrons. The number of fused-ring (bicyclic) bond motifs is 2. The van der Waals surface area contributed by atoms with Gasteiger partial charge in [0.15, 0.2) is 34.5 Å². The van der Waals surface area contributed by atoms with E-state index in [0.717, 1.165) is 59.3 Å². The second-order valence-electron chi connectivity index (χ2n) is 14.6. The Labute approximate surface area is 323 Å². The molecule has 286 valence electrons. The first-order valence-corrected chi connectivity index (χ1v) is 19.9. The Balaban J connectivity index is 1.38. The van der Waals surface area contributed by atoms with E-state index in [1.807, 2.05) is 43.3 Å². The second-order valence-corrected chi connectivity index (χ2v) is 16.1. The summed E-state index contributed by atoms with van der Waals surface area (Å²) in [6.45, 7) is 3.54. The van der Waals surface area contributed by atoms with Gasteiger partial charge in [-0.25, -0.2) is 0 Å². The predicted octanol–water partition coefficient (Wildman–Crippen LogP) is 8.23. The highest BCUT2D eigenvalue weighted by atomic mass is 32.2. The molecule has 5 aromatic carbocycles. The number of methoxy groups -OCH3 is 3. The minimum absolute atomic E-state index is 0.0229. The average Bonchev–Trinajstić information content (AvgIpc) is 3.18. The molecular formula is C44H46N2O8S. The van der Waals surface area contributed by atoms with Gasteiger partial charge in [0.1, 0.15) is 10.6 Å². The number of ether oxygens (including phenoxy) is 5. The van der Waals surface area contributed by atoms with Crippen LogP contribution in [0.15, 0.2) is 89.8 Å². The monoisotopic (exact) mass is 762 g/mol. The molecule has 0 unspecified atom stereocenters. The molecule has 2 atom stereocenters. The van der Waals surface area contributed by atoms with Crippen molar-refractivity contribution >= 4 is 10.1 Å². The number of likely N-dealkylation sites (N-methyl/N-ethyl adjacent to an activating group) is 2. The minimum Gasteiger partial charge on any atom is -0.493 e. The standard InChI is InChI=1S/C44H46N2O8S/c1-27-7-14-33(15-8-27)55(47,48)54-43-41(51-6)25-31-18-20-46(3)36-22-29-11-16-37(49-4)39(23-29)52-32-12-9-28(10-13-32)21-35-34-26-40(53-44(43)42(31)36)38(50-5)24-30(34)17-19-45(35)2/h7-16,23-26,35-36H,17-22H2,1-6H3/t35-,36-/m0/s1. The van der Waals surface area contributed by atoms with E-state index in [1.54, 1.807) is 38.5 Å². The van der Waals surface area contributed by atoms with Crippen LogP contribution in [0.25, 0.3) is 0 Å². The maximum Gasteiger partial charge on any atom is 0.339 e. The van der Waals surface area contributed by atoms with Crippen LogP contribution in [0.3, 0.4) is 0 Å². The van der Waals surface area contributed by atoms with E-state index < -0.39 is 10.1 Å². The summed E-state index contributed by atoms with van der Waals surface area (Å²) < 4.78 is 65.5. The third kappa shape index (κ3) is 7.08. The van der Waals surface area contributed by atoms with Gasteiger partial charge in [0, 0.05) is 30.7 Å². The van der Waals surface area contributed by atoms with Crippen LogP contribution in [-0.2, 0) is 35.8 Å². The summed E-state index contributed by atoms with van der Waals surface area (Å²) in [5, 5.41) is 0. The highest BCUT2D eigenvalue weighted by Gasteiger charge is 2.36. The van der Waals surface area contributed by atoms with E-state index in [1.165, 1.54) is 12.7 Å². The molecule has 4 aliphatic rings. The highest BCUT2D eigenvalue weighted by molar-refractivity contribution is 7.87. The Bertz CT molecular complexity index is 2340. The van der Waals surface area contributed by atoms with Crippen molar-refractivity contribution in [1.82, 2.24) is 9.80 Å². The number of hydrogen-bond donors (Lipinski definition) is 0. The molecule has 0 saturated carbocycles. The van der Waals surface area contributed by atoms with Crippen molar-refractivity contribution < 1.29 is 36.3 Å². The van der Waals surface area contributed by atoms with Gasteiger partial charge >= 0.3 is 10.1 Å². The fraction of sp³-hybridized carbons (Fsp3) is 0.318. The largest absolute Gasteiger partial charge is 0.493 e. The maximum absolute atomic E-state index is 14.1. The van der Waals surface area contributed by atoms with E-state index in [-0.39, 0.29) is 34.2 Å². The Morgan fingerprint density at radius 2 is 1.27 bits per heavy atom. The van der Waals surface area contributed by atoms with E-state index in [2.05, 4.69) is 48.2 Å². The van der Waals surface area contributed by atoms with Crippen LogP contribution in [0.4, 0.5) is 0 Å². The molecule has 55 heavy (non-hydrogen) atoms. The van der Waals surface area contributed by atoms with Crippen LogP contribution in [0.5, 0.6) is 46.0 Å². The molecule has 11 heteroatoms. The molecule has 0 amide bonds. The van der Waals surface area contributed by atoms with Crippen LogP contribution in [0.1, 0.15) is 51.0 Å².